The van der Waals surface area contributed by atoms with E-state index in [0.717, 1.165) is 36.9 Å². The molecular formula is C12H15NO3. The van der Waals surface area contributed by atoms with Gasteiger partial charge in [0.25, 0.3) is 5.56 Å². The molecule has 0 saturated carbocycles. The summed E-state index contributed by atoms with van der Waals surface area (Å²) in [4.78, 5) is 25.1. The van der Waals surface area contributed by atoms with Gasteiger partial charge in [-0.25, -0.2) is 4.79 Å². The lowest BCUT2D eigenvalue weighted by Gasteiger charge is -2.23. The summed E-state index contributed by atoms with van der Waals surface area (Å²) < 4.78 is 0. The van der Waals surface area contributed by atoms with Crippen molar-refractivity contribution < 1.29 is 9.90 Å². The fourth-order valence-corrected chi connectivity index (χ4v) is 2.41. The number of hydrogen-bond acceptors (Lipinski definition) is 2. The zero-order valence-electron chi connectivity index (χ0n) is 9.25. The number of nitrogens with one attached hydrogen (secondary N) is 1. The first kappa shape index (κ1) is 10.9. The van der Waals surface area contributed by atoms with E-state index in [1.807, 2.05) is 0 Å². The van der Waals surface area contributed by atoms with Gasteiger partial charge in [0.15, 0.2) is 0 Å². The van der Waals surface area contributed by atoms with Crippen molar-refractivity contribution >= 4 is 5.97 Å². The fraction of sp³-hybridized carbons (Fsp3) is 0.500. The summed E-state index contributed by atoms with van der Waals surface area (Å²) in [6.07, 6.45) is 3.99. The number of aromatic carboxylic acids is 1. The minimum absolute atomic E-state index is 0.143. The van der Waals surface area contributed by atoms with Crippen LogP contribution in [0.3, 0.4) is 0 Å². The number of aryl methyl sites for hydroxylation is 1. The van der Waals surface area contributed by atoms with Gasteiger partial charge in [0.05, 0.1) is 0 Å². The Labute approximate surface area is 93.3 Å². The van der Waals surface area contributed by atoms with Gasteiger partial charge >= 0.3 is 5.97 Å². The van der Waals surface area contributed by atoms with Crippen molar-refractivity contribution in [3.8, 4) is 0 Å². The molecule has 0 radical (unpaired) electrons. The van der Waals surface area contributed by atoms with Gasteiger partial charge in [-0.15, -0.1) is 0 Å². The Balaban J connectivity index is 2.55. The highest BCUT2D eigenvalue weighted by Gasteiger charge is 2.22. The predicted molar refractivity (Wildman–Crippen MR) is 60.0 cm³/mol. The topological polar surface area (TPSA) is 70.2 Å². The summed E-state index contributed by atoms with van der Waals surface area (Å²) >= 11 is 0. The molecule has 4 heteroatoms. The van der Waals surface area contributed by atoms with Gasteiger partial charge in [0, 0.05) is 5.69 Å². The molecule has 0 aliphatic heterocycles. The summed E-state index contributed by atoms with van der Waals surface area (Å²) in [7, 11) is 0. The van der Waals surface area contributed by atoms with E-state index in [-0.39, 0.29) is 5.56 Å². The van der Waals surface area contributed by atoms with Crippen molar-refractivity contribution in [1.29, 1.82) is 0 Å². The molecule has 1 heterocycles. The molecule has 0 aromatic carbocycles. The number of carbonyl (C=O) groups is 1. The van der Waals surface area contributed by atoms with Crippen LogP contribution in [0.15, 0.2) is 10.9 Å². The number of H-pyrrole nitrogens is 1. The number of hydrogen-bond donors (Lipinski definition) is 2. The van der Waals surface area contributed by atoms with Gasteiger partial charge in [-0.2, -0.15) is 0 Å². The predicted octanol–water partition coefficient (Wildman–Crippen LogP) is 1.90. The van der Waals surface area contributed by atoms with Crippen LogP contribution >= 0.6 is 0 Å². The molecule has 0 fully saturated rings. The lowest BCUT2D eigenvalue weighted by Crippen LogP contribution is -2.23. The first-order valence-electron chi connectivity index (χ1n) is 5.63. The molecule has 0 saturated heterocycles. The number of aromatic amines is 1. The van der Waals surface area contributed by atoms with Gasteiger partial charge in [0.1, 0.15) is 5.56 Å². The second-order valence-corrected chi connectivity index (χ2v) is 4.25. The average Bonchev–Trinajstić information content (AvgIpc) is 2.27. The van der Waals surface area contributed by atoms with Crippen molar-refractivity contribution in [2.75, 3.05) is 0 Å². The average molecular weight is 221 g/mol. The zero-order chi connectivity index (χ0) is 11.7. The van der Waals surface area contributed by atoms with Gasteiger partial charge in [0.2, 0.25) is 0 Å². The first-order chi connectivity index (χ1) is 7.63. The van der Waals surface area contributed by atoms with E-state index >= 15 is 0 Å². The third-order valence-corrected chi connectivity index (χ3v) is 3.29. The number of fused-ring (bicyclic) bond motifs is 1. The van der Waals surface area contributed by atoms with Crippen LogP contribution in [0.1, 0.15) is 53.7 Å². The van der Waals surface area contributed by atoms with Gasteiger partial charge in [-0.05, 0) is 43.2 Å². The van der Waals surface area contributed by atoms with Gasteiger partial charge in [-0.1, -0.05) is 6.92 Å². The Bertz CT molecular complexity index is 476. The molecule has 1 aromatic rings. The maximum Gasteiger partial charge on any atom is 0.341 e. The lowest BCUT2D eigenvalue weighted by molar-refractivity contribution is 0.0694. The molecule has 0 spiro atoms. The Morgan fingerprint density at radius 2 is 2.38 bits per heavy atom. The summed E-state index contributed by atoms with van der Waals surface area (Å²) in [5.41, 5.74) is 1.32. The molecule has 16 heavy (non-hydrogen) atoms. The molecule has 1 atom stereocenters. The van der Waals surface area contributed by atoms with Crippen molar-refractivity contribution in [3.05, 3.63) is 33.2 Å². The highest BCUT2D eigenvalue weighted by molar-refractivity contribution is 5.87. The number of aromatic nitrogens is 1. The first-order valence-corrected chi connectivity index (χ1v) is 5.63. The minimum atomic E-state index is -1.15. The molecule has 0 bridgehead atoms. The molecular weight excluding hydrogens is 206 g/mol. The summed E-state index contributed by atoms with van der Waals surface area (Å²) in [5, 5.41) is 8.87. The standard InChI is InChI=1S/C12H15NO3/c1-2-7-4-3-5-8-6-9(12(15)16)11(14)13-10(7)8/h6-7H,2-5H2,1H3,(H,13,14)(H,15,16). The highest BCUT2D eigenvalue weighted by Crippen LogP contribution is 2.31. The maximum atomic E-state index is 11.6. The third-order valence-electron chi connectivity index (χ3n) is 3.29. The Morgan fingerprint density at radius 1 is 1.62 bits per heavy atom. The van der Waals surface area contributed by atoms with E-state index in [0.29, 0.717) is 5.92 Å². The highest BCUT2D eigenvalue weighted by atomic mass is 16.4. The van der Waals surface area contributed by atoms with Crippen LogP contribution in [0.2, 0.25) is 0 Å². The number of pyridine rings is 1. The van der Waals surface area contributed by atoms with Crippen LogP contribution in [0, 0.1) is 0 Å². The molecule has 1 aliphatic rings. The smallest absolute Gasteiger partial charge is 0.341 e. The second-order valence-electron chi connectivity index (χ2n) is 4.25. The summed E-state index contributed by atoms with van der Waals surface area (Å²) in [6, 6.07) is 1.54. The monoisotopic (exact) mass is 221 g/mol. The molecule has 2 rings (SSSR count). The second kappa shape index (κ2) is 4.12. The minimum Gasteiger partial charge on any atom is -0.477 e. The van der Waals surface area contributed by atoms with E-state index in [4.69, 9.17) is 5.11 Å². The van der Waals surface area contributed by atoms with Crippen LogP contribution < -0.4 is 5.56 Å². The van der Waals surface area contributed by atoms with Gasteiger partial charge in [-0.3, -0.25) is 4.79 Å². The SMILES string of the molecule is CCC1CCCc2cc(C(=O)O)c(=O)[nH]c21. The molecule has 4 nitrogen and oxygen atoms in total. The quantitative estimate of drug-likeness (QED) is 0.801. The fourth-order valence-electron chi connectivity index (χ4n) is 2.41. The third kappa shape index (κ3) is 1.75. The molecule has 1 unspecified atom stereocenters. The Morgan fingerprint density at radius 3 is 3.00 bits per heavy atom. The van der Waals surface area contributed by atoms with Gasteiger partial charge < -0.3 is 10.1 Å². The number of carboxylic acid groups (broad SMARTS) is 1. The molecule has 1 aromatic heterocycles. The maximum absolute atomic E-state index is 11.6. The lowest BCUT2D eigenvalue weighted by atomic mass is 9.84. The zero-order valence-corrected chi connectivity index (χ0v) is 9.25. The van der Waals surface area contributed by atoms with E-state index < -0.39 is 11.5 Å². The Hall–Kier alpha value is -1.58. The van der Waals surface area contributed by atoms with E-state index in [2.05, 4.69) is 11.9 Å². The van der Waals surface area contributed by atoms with Crippen LogP contribution in [-0.4, -0.2) is 16.1 Å². The van der Waals surface area contributed by atoms with Crippen LogP contribution in [-0.2, 0) is 6.42 Å². The number of carboxylic acids is 1. The van der Waals surface area contributed by atoms with Crippen LogP contribution in [0.5, 0.6) is 0 Å². The van der Waals surface area contributed by atoms with Crippen molar-refractivity contribution in [2.45, 2.75) is 38.5 Å². The molecule has 1 aliphatic carbocycles. The van der Waals surface area contributed by atoms with Crippen molar-refractivity contribution in [3.63, 3.8) is 0 Å². The van der Waals surface area contributed by atoms with E-state index in [9.17, 15) is 9.59 Å². The number of rotatable bonds is 2. The summed E-state index contributed by atoms with van der Waals surface area (Å²) in [6.45, 7) is 2.09. The Kier molecular flexibility index (Phi) is 2.81. The van der Waals surface area contributed by atoms with E-state index in [1.165, 1.54) is 0 Å². The molecule has 2 N–H and O–H groups in total. The van der Waals surface area contributed by atoms with Crippen LogP contribution in [0.4, 0.5) is 0 Å². The molecule has 0 amide bonds. The van der Waals surface area contributed by atoms with Crippen molar-refractivity contribution in [1.82, 2.24) is 4.98 Å². The molecule has 86 valence electrons. The van der Waals surface area contributed by atoms with Crippen LogP contribution in [0.25, 0.3) is 0 Å². The van der Waals surface area contributed by atoms with E-state index in [1.54, 1.807) is 6.07 Å². The normalized spacial score (nSPS) is 19.2. The summed E-state index contributed by atoms with van der Waals surface area (Å²) in [5.74, 6) is -0.776. The van der Waals surface area contributed by atoms with Crippen molar-refractivity contribution in [2.24, 2.45) is 0 Å². The largest absolute Gasteiger partial charge is 0.477 e.